The summed E-state index contributed by atoms with van der Waals surface area (Å²) < 4.78 is 16.1. The lowest BCUT2D eigenvalue weighted by atomic mass is 9.99. The van der Waals surface area contributed by atoms with E-state index in [9.17, 15) is 14.7 Å². The van der Waals surface area contributed by atoms with Gasteiger partial charge in [0, 0.05) is 48.0 Å². The molecule has 0 radical (unpaired) electrons. The molecule has 7 nitrogen and oxygen atoms in total. The Labute approximate surface area is 184 Å². The van der Waals surface area contributed by atoms with E-state index in [4.69, 9.17) is 13.6 Å². The van der Waals surface area contributed by atoms with Crippen LogP contribution >= 0.6 is 0 Å². The number of benzene rings is 2. The number of hydrogen-bond acceptors (Lipinski definition) is 6. The van der Waals surface area contributed by atoms with Crippen LogP contribution in [0.15, 0.2) is 62.4 Å². The van der Waals surface area contributed by atoms with Crippen LogP contribution in [-0.4, -0.2) is 37.4 Å². The molecule has 4 rings (SSSR count). The number of aliphatic hydroxyl groups excluding tert-OH is 1. The SMILES string of the molecule is COCC(O)CNC(=O)CCc1c(C)c2cc3c(-c4ccccc4)coc3cc2oc1=O. The summed E-state index contributed by atoms with van der Waals surface area (Å²) in [6.07, 6.45) is 1.29. The van der Waals surface area contributed by atoms with Crippen molar-refractivity contribution in [1.82, 2.24) is 5.32 Å². The second-order valence-electron chi connectivity index (χ2n) is 7.77. The summed E-state index contributed by atoms with van der Waals surface area (Å²) in [5, 5.41) is 14.0. The fourth-order valence-electron chi connectivity index (χ4n) is 3.85. The van der Waals surface area contributed by atoms with Gasteiger partial charge in [-0.05, 0) is 30.5 Å². The average molecular weight is 435 g/mol. The zero-order valence-corrected chi connectivity index (χ0v) is 18.0. The van der Waals surface area contributed by atoms with E-state index in [2.05, 4.69) is 5.32 Å². The van der Waals surface area contributed by atoms with Gasteiger partial charge in [-0.3, -0.25) is 4.79 Å². The standard InChI is InChI=1S/C25H25NO6/c1-15-18(8-9-24(28)26-12-17(27)13-30-2)25(29)32-23-11-22-20(10-19(15)23)21(14-31-22)16-6-4-3-5-7-16/h3-7,10-11,14,17,27H,8-9,12-13H2,1-2H3,(H,26,28). The molecule has 0 aliphatic heterocycles. The third-order valence-electron chi connectivity index (χ3n) is 5.56. The van der Waals surface area contributed by atoms with E-state index in [1.54, 1.807) is 12.3 Å². The number of carbonyl (C=O) groups is 1. The molecule has 7 heteroatoms. The number of hydrogen-bond donors (Lipinski definition) is 2. The Bertz CT molecular complexity index is 1310. The summed E-state index contributed by atoms with van der Waals surface area (Å²) in [7, 11) is 1.48. The molecule has 0 saturated heterocycles. The number of carbonyl (C=O) groups excluding carboxylic acids is 1. The number of furan rings is 1. The topological polar surface area (TPSA) is 102 Å². The Hall–Kier alpha value is -3.42. The lowest BCUT2D eigenvalue weighted by molar-refractivity contribution is -0.121. The number of fused-ring (bicyclic) bond motifs is 2. The van der Waals surface area contributed by atoms with Crippen LogP contribution < -0.4 is 10.9 Å². The van der Waals surface area contributed by atoms with E-state index in [0.717, 1.165) is 27.5 Å². The highest BCUT2D eigenvalue weighted by Crippen LogP contribution is 2.34. The van der Waals surface area contributed by atoms with Gasteiger partial charge in [0.1, 0.15) is 11.2 Å². The number of rotatable bonds is 8. The highest BCUT2D eigenvalue weighted by Gasteiger charge is 2.17. The summed E-state index contributed by atoms with van der Waals surface area (Å²) in [6.45, 7) is 2.10. The van der Waals surface area contributed by atoms with Gasteiger partial charge >= 0.3 is 5.63 Å². The number of methoxy groups -OCH3 is 1. The van der Waals surface area contributed by atoms with Crippen molar-refractivity contribution in [1.29, 1.82) is 0 Å². The monoisotopic (exact) mass is 435 g/mol. The molecule has 0 spiro atoms. The van der Waals surface area contributed by atoms with Crippen LogP contribution in [-0.2, 0) is 16.0 Å². The second kappa shape index (κ2) is 9.38. The van der Waals surface area contributed by atoms with E-state index in [1.165, 1.54) is 7.11 Å². The molecular formula is C25H25NO6. The van der Waals surface area contributed by atoms with Crippen molar-refractivity contribution in [2.75, 3.05) is 20.3 Å². The maximum atomic E-state index is 12.6. The molecule has 2 aromatic heterocycles. The molecule has 2 aromatic carbocycles. The van der Waals surface area contributed by atoms with Crippen LogP contribution in [0.2, 0.25) is 0 Å². The van der Waals surface area contributed by atoms with Gasteiger partial charge in [0.05, 0.1) is 19.0 Å². The zero-order chi connectivity index (χ0) is 22.7. The maximum Gasteiger partial charge on any atom is 0.339 e. The first-order valence-electron chi connectivity index (χ1n) is 10.4. The molecule has 166 valence electrons. The summed E-state index contributed by atoms with van der Waals surface area (Å²) in [5.74, 6) is -0.254. The molecule has 2 N–H and O–H groups in total. The number of aliphatic hydroxyl groups is 1. The summed E-state index contributed by atoms with van der Waals surface area (Å²) >= 11 is 0. The first-order chi connectivity index (χ1) is 15.5. The smallest absolute Gasteiger partial charge is 0.339 e. The van der Waals surface area contributed by atoms with Gasteiger partial charge in [0.25, 0.3) is 0 Å². The van der Waals surface area contributed by atoms with E-state index >= 15 is 0 Å². The number of nitrogens with one attached hydrogen (secondary N) is 1. The highest BCUT2D eigenvalue weighted by molar-refractivity contribution is 6.02. The van der Waals surface area contributed by atoms with E-state index in [1.807, 2.05) is 43.3 Å². The van der Waals surface area contributed by atoms with Gasteiger partial charge < -0.3 is 24.0 Å². The molecule has 1 unspecified atom stereocenters. The molecule has 1 amide bonds. The predicted molar refractivity (Wildman–Crippen MR) is 122 cm³/mol. The normalized spacial score (nSPS) is 12.3. The average Bonchev–Trinajstić information content (AvgIpc) is 3.20. The lowest BCUT2D eigenvalue weighted by Crippen LogP contribution is -2.34. The van der Waals surface area contributed by atoms with Gasteiger partial charge in [-0.1, -0.05) is 30.3 Å². The first kappa shape index (κ1) is 21.8. The highest BCUT2D eigenvalue weighted by atomic mass is 16.5. The maximum absolute atomic E-state index is 12.6. The van der Waals surface area contributed by atoms with Crippen molar-refractivity contribution in [3.8, 4) is 11.1 Å². The first-order valence-corrected chi connectivity index (χ1v) is 10.4. The van der Waals surface area contributed by atoms with Crippen LogP contribution in [0.4, 0.5) is 0 Å². The lowest BCUT2D eigenvalue weighted by Gasteiger charge is -2.11. The van der Waals surface area contributed by atoms with E-state index in [0.29, 0.717) is 16.7 Å². The third kappa shape index (κ3) is 4.44. The molecular weight excluding hydrogens is 410 g/mol. The molecule has 0 saturated carbocycles. The van der Waals surface area contributed by atoms with Crippen molar-refractivity contribution in [3.63, 3.8) is 0 Å². The Morgan fingerprint density at radius 2 is 1.94 bits per heavy atom. The summed E-state index contributed by atoms with van der Waals surface area (Å²) in [6, 6.07) is 13.6. The Morgan fingerprint density at radius 3 is 2.69 bits per heavy atom. The molecule has 0 aliphatic carbocycles. The summed E-state index contributed by atoms with van der Waals surface area (Å²) in [5.41, 5.74) is 3.87. The van der Waals surface area contributed by atoms with Crippen LogP contribution in [0, 0.1) is 6.92 Å². The van der Waals surface area contributed by atoms with Crippen LogP contribution in [0.1, 0.15) is 17.5 Å². The van der Waals surface area contributed by atoms with Crippen LogP contribution in [0.3, 0.4) is 0 Å². The fraction of sp³-hybridized carbons (Fsp3) is 0.280. The number of ether oxygens (including phenoxy) is 1. The van der Waals surface area contributed by atoms with E-state index in [-0.39, 0.29) is 31.9 Å². The molecule has 4 aromatic rings. The van der Waals surface area contributed by atoms with Crippen LogP contribution in [0.25, 0.3) is 33.1 Å². The van der Waals surface area contributed by atoms with Gasteiger partial charge in [-0.15, -0.1) is 0 Å². The Balaban J connectivity index is 1.62. The van der Waals surface area contributed by atoms with Crippen molar-refractivity contribution in [2.24, 2.45) is 0 Å². The Morgan fingerprint density at radius 1 is 1.16 bits per heavy atom. The molecule has 2 heterocycles. The van der Waals surface area contributed by atoms with Crippen molar-refractivity contribution in [3.05, 3.63) is 70.3 Å². The van der Waals surface area contributed by atoms with Gasteiger partial charge in [0.2, 0.25) is 5.91 Å². The minimum absolute atomic E-state index is 0.0959. The van der Waals surface area contributed by atoms with Crippen molar-refractivity contribution < 1.29 is 23.5 Å². The third-order valence-corrected chi connectivity index (χ3v) is 5.56. The van der Waals surface area contributed by atoms with E-state index < -0.39 is 11.7 Å². The molecule has 0 bridgehead atoms. The van der Waals surface area contributed by atoms with Gasteiger partial charge in [-0.2, -0.15) is 0 Å². The quantitative estimate of drug-likeness (QED) is 0.410. The molecule has 0 fully saturated rings. The van der Waals surface area contributed by atoms with Crippen LogP contribution in [0.5, 0.6) is 0 Å². The number of amides is 1. The second-order valence-corrected chi connectivity index (χ2v) is 7.77. The van der Waals surface area contributed by atoms with Crippen molar-refractivity contribution in [2.45, 2.75) is 25.9 Å². The molecule has 32 heavy (non-hydrogen) atoms. The van der Waals surface area contributed by atoms with Gasteiger partial charge in [0.15, 0.2) is 0 Å². The largest absolute Gasteiger partial charge is 0.464 e. The minimum Gasteiger partial charge on any atom is -0.464 e. The minimum atomic E-state index is -0.771. The summed E-state index contributed by atoms with van der Waals surface area (Å²) in [4.78, 5) is 24.7. The predicted octanol–water partition coefficient (Wildman–Crippen LogP) is 3.57. The molecule has 1 atom stereocenters. The number of aryl methyl sites for hydroxylation is 1. The molecule has 0 aliphatic rings. The fourth-order valence-corrected chi connectivity index (χ4v) is 3.85. The zero-order valence-electron chi connectivity index (χ0n) is 18.0. The van der Waals surface area contributed by atoms with Crippen molar-refractivity contribution >= 4 is 27.8 Å². The van der Waals surface area contributed by atoms with Gasteiger partial charge in [-0.25, -0.2) is 4.79 Å². The Kier molecular flexibility index (Phi) is 6.39.